The number of carbonyl (C=O) groups excluding carboxylic acids is 1. The standard InChI is InChI=1S/C27H29F3N2O2/c1-26(34,27(28,29)30)22-10-8-21(9-11-22)25(33)32(24-14-15-24)23-12-6-19(7-13-23)16-18-2-4-20(17-31)5-3-18/h2-5,8-11,19,23-24,34H,6-7,12-16H2,1H3/t19?,23?,26-/m0/s1. The van der Waals surface area contributed by atoms with Crippen molar-refractivity contribution >= 4 is 5.91 Å². The van der Waals surface area contributed by atoms with Crippen LogP contribution in [0.3, 0.4) is 0 Å². The molecule has 34 heavy (non-hydrogen) atoms. The third-order valence-electron chi connectivity index (χ3n) is 7.24. The van der Waals surface area contributed by atoms with Crippen molar-refractivity contribution in [3.8, 4) is 6.07 Å². The van der Waals surface area contributed by atoms with E-state index in [0.29, 0.717) is 17.0 Å². The maximum Gasteiger partial charge on any atom is 0.421 e. The van der Waals surface area contributed by atoms with E-state index in [0.717, 1.165) is 51.9 Å². The summed E-state index contributed by atoms with van der Waals surface area (Å²) in [5.41, 5.74) is -1.02. The molecule has 0 spiro atoms. The first-order valence-corrected chi connectivity index (χ1v) is 11.8. The van der Waals surface area contributed by atoms with Gasteiger partial charge in [0.2, 0.25) is 0 Å². The molecule has 7 heteroatoms. The predicted octanol–water partition coefficient (Wildman–Crippen LogP) is 5.73. The van der Waals surface area contributed by atoms with Crippen LogP contribution in [0.4, 0.5) is 13.2 Å². The predicted molar refractivity (Wildman–Crippen MR) is 122 cm³/mol. The minimum absolute atomic E-state index is 0.134. The SMILES string of the molecule is C[C@](O)(c1ccc(C(=O)N(C2CCC(Cc3ccc(C#N)cc3)CC2)C2CC2)cc1)C(F)(F)F. The van der Waals surface area contributed by atoms with E-state index in [9.17, 15) is 23.1 Å². The lowest BCUT2D eigenvalue weighted by Gasteiger charge is -2.37. The molecule has 0 heterocycles. The number of alkyl halides is 3. The number of amides is 1. The first-order valence-electron chi connectivity index (χ1n) is 11.8. The zero-order chi connectivity index (χ0) is 24.5. The molecule has 1 N–H and O–H groups in total. The van der Waals surface area contributed by atoms with Crippen LogP contribution < -0.4 is 0 Å². The quantitative estimate of drug-likeness (QED) is 0.586. The lowest BCUT2D eigenvalue weighted by molar-refractivity contribution is -0.258. The maximum absolute atomic E-state index is 13.3. The monoisotopic (exact) mass is 470 g/mol. The summed E-state index contributed by atoms with van der Waals surface area (Å²) in [7, 11) is 0. The summed E-state index contributed by atoms with van der Waals surface area (Å²) in [6.45, 7) is 0.719. The van der Waals surface area contributed by atoms with Gasteiger partial charge >= 0.3 is 6.18 Å². The van der Waals surface area contributed by atoms with Gasteiger partial charge in [-0.1, -0.05) is 24.3 Å². The van der Waals surface area contributed by atoms with Crippen molar-refractivity contribution in [1.82, 2.24) is 4.90 Å². The molecule has 4 nitrogen and oxygen atoms in total. The number of hydrogen-bond donors (Lipinski definition) is 1. The molecule has 4 rings (SSSR count). The Morgan fingerprint density at radius 3 is 1.97 bits per heavy atom. The number of benzene rings is 2. The van der Waals surface area contributed by atoms with E-state index in [2.05, 4.69) is 6.07 Å². The molecule has 0 aliphatic heterocycles. The fourth-order valence-electron chi connectivity index (χ4n) is 4.91. The maximum atomic E-state index is 13.3. The molecule has 2 aliphatic rings. The van der Waals surface area contributed by atoms with Crippen LogP contribution in [0.5, 0.6) is 0 Å². The van der Waals surface area contributed by atoms with Crippen LogP contribution in [-0.4, -0.2) is 34.2 Å². The van der Waals surface area contributed by atoms with E-state index >= 15 is 0 Å². The Labute approximate surface area is 198 Å². The molecular formula is C27H29F3N2O2. The summed E-state index contributed by atoms with van der Waals surface area (Å²) in [6.07, 6.45) is 1.90. The number of nitriles is 1. The number of nitrogens with zero attached hydrogens (tertiary/aromatic N) is 2. The molecule has 2 aromatic carbocycles. The smallest absolute Gasteiger partial charge is 0.376 e. The normalized spacial score (nSPS) is 22.5. The van der Waals surface area contributed by atoms with Crippen molar-refractivity contribution in [1.29, 1.82) is 5.26 Å². The summed E-state index contributed by atoms with van der Waals surface area (Å²) in [4.78, 5) is 15.3. The van der Waals surface area contributed by atoms with E-state index in [-0.39, 0.29) is 23.6 Å². The fraction of sp³-hybridized carbons (Fsp3) is 0.481. The molecule has 0 aromatic heterocycles. The molecule has 1 atom stereocenters. The minimum Gasteiger partial charge on any atom is -0.376 e. The van der Waals surface area contributed by atoms with E-state index < -0.39 is 11.8 Å². The third kappa shape index (κ3) is 5.12. The minimum atomic E-state index is -4.80. The second-order valence-electron chi connectivity index (χ2n) is 9.78. The van der Waals surface area contributed by atoms with E-state index in [1.54, 1.807) is 0 Å². The molecule has 2 aromatic rings. The van der Waals surface area contributed by atoms with Gasteiger partial charge in [0.25, 0.3) is 5.91 Å². The Hall–Kier alpha value is -2.85. The van der Waals surface area contributed by atoms with Gasteiger partial charge in [-0.15, -0.1) is 0 Å². The highest BCUT2D eigenvalue weighted by Gasteiger charge is 2.51. The number of hydrogen-bond acceptors (Lipinski definition) is 3. The Balaban J connectivity index is 1.40. The summed E-state index contributed by atoms with van der Waals surface area (Å²) in [6, 6.07) is 15.3. The van der Waals surface area contributed by atoms with Gasteiger partial charge in [0.1, 0.15) is 0 Å². The van der Waals surface area contributed by atoms with E-state index in [1.807, 2.05) is 29.2 Å². The number of rotatable bonds is 6. The highest BCUT2D eigenvalue weighted by Crippen LogP contribution is 2.40. The molecule has 0 saturated heterocycles. The molecule has 0 unspecified atom stereocenters. The van der Waals surface area contributed by atoms with E-state index in [4.69, 9.17) is 5.26 Å². The highest BCUT2D eigenvalue weighted by atomic mass is 19.4. The summed E-state index contributed by atoms with van der Waals surface area (Å²) in [5, 5.41) is 18.8. The van der Waals surface area contributed by atoms with Gasteiger partial charge in [-0.3, -0.25) is 4.79 Å². The molecule has 2 aliphatic carbocycles. The van der Waals surface area contributed by atoms with Gasteiger partial charge in [0.05, 0.1) is 11.6 Å². The van der Waals surface area contributed by atoms with Crippen LogP contribution >= 0.6 is 0 Å². The molecule has 0 radical (unpaired) electrons. The summed E-state index contributed by atoms with van der Waals surface area (Å²) >= 11 is 0. The highest BCUT2D eigenvalue weighted by molar-refractivity contribution is 5.95. The zero-order valence-electron chi connectivity index (χ0n) is 19.2. The Bertz CT molecular complexity index is 1040. The molecule has 2 fully saturated rings. The lowest BCUT2D eigenvalue weighted by Crippen LogP contribution is -2.44. The fourth-order valence-corrected chi connectivity index (χ4v) is 4.91. The number of carbonyl (C=O) groups is 1. The van der Waals surface area contributed by atoms with Gasteiger partial charge in [-0.2, -0.15) is 18.4 Å². The van der Waals surface area contributed by atoms with Gasteiger partial charge in [-0.25, -0.2) is 0 Å². The lowest BCUT2D eigenvalue weighted by atomic mass is 9.81. The average molecular weight is 471 g/mol. The zero-order valence-corrected chi connectivity index (χ0v) is 19.2. The first-order chi connectivity index (χ1) is 16.1. The number of halogens is 3. The first kappa shape index (κ1) is 24.3. The van der Waals surface area contributed by atoms with Crippen LogP contribution in [0.15, 0.2) is 48.5 Å². The van der Waals surface area contributed by atoms with Crippen molar-refractivity contribution < 1.29 is 23.1 Å². The van der Waals surface area contributed by atoms with Crippen LogP contribution in [0, 0.1) is 17.2 Å². The van der Waals surface area contributed by atoms with Crippen molar-refractivity contribution in [3.63, 3.8) is 0 Å². The van der Waals surface area contributed by atoms with Gasteiger partial charge in [0.15, 0.2) is 5.60 Å². The second kappa shape index (κ2) is 9.42. The van der Waals surface area contributed by atoms with Crippen molar-refractivity contribution in [3.05, 3.63) is 70.8 Å². The van der Waals surface area contributed by atoms with Crippen molar-refractivity contribution in [2.45, 2.75) is 75.7 Å². The summed E-state index contributed by atoms with van der Waals surface area (Å²) in [5.74, 6) is 0.389. The van der Waals surface area contributed by atoms with Crippen LogP contribution in [0.25, 0.3) is 0 Å². The van der Waals surface area contributed by atoms with Crippen LogP contribution in [0.1, 0.15) is 72.5 Å². The molecule has 2 saturated carbocycles. The van der Waals surface area contributed by atoms with Gasteiger partial charge in [-0.05, 0) is 93.2 Å². The Kier molecular flexibility index (Phi) is 6.73. The topological polar surface area (TPSA) is 64.3 Å². The molecule has 1 amide bonds. The molecular weight excluding hydrogens is 441 g/mol. The second-order valence-corrected chi connectivity index (χ2v) is 9.78. The van der Waals surface area contributed by atoms with Crippen LogP contribution in [-0.2, 0) is 12.0 Å². The third-order valence-corrected chi connectivity index (χ3v) is 7.24. The molecule has 180 valence electrons. The Morgan fingerprint density at radius 1 is 0.971 bits per heavy atom. The van der Waals surface area contributed by atoms with Crippen molar-refractivity contribution in [2.24, 2.45) is 5.92 Å². The molecule has 0 bridgehead atoms. The average Bonchev–Trinajstić information content (AvgIpc) is 3.65. The van der Waals surface area contributed by atoms with Gasteiger partial charge < -0.3 is 10.0 Å². The summed E-state index contributed by atoms with van der Waals surface area (Å²) < 4.78 is 39.4. The number of aliphatic hydroxyl groups is 1. The van der Waals surface area contributed by atoms with Crippen molar-refractivity contribution in [2.75, 3.05) is 0 Å². The van der Waals surface area contributed by atoms with Crippen LogP contribution in [0.2, 0.25) is 0 Å². The largest absolute Gasteiger partial charge is 0.421 e. The van der Waals surface area contributed by atoms with E-state index in [1.165, 1.54) is 29.8 Å². The Morgan fingerprint density at radius 2 is 1.50 bits per heavy atom. The van der Waals surface area contributed by atoms with Gasteiger partial charge in [0, 0.05) is 17.6 Å².